The molecule has 20 heavy (non-hydrogen) atoms. The van der Waals surface area contributed by atoms with Crippen LogP contribution in [-0.4, -0.2) is 52.2 Å². The van der Waals surface area contributed by atoms with Crippen LogP contribution in [0.1, 0.15) is 12.8 Å². The lowest BCUT2D eigenvalue weighted by molar-refractivity contribution is -0.137. The van der Waals surface area contributed by atoms with E-state index in [4.69, 9.17) is 4.52 Å². The molecule has 4 aliphatic rings. The van der Waals surface area contributed by atoms with E-state index in [1.165, 1.54) is 11.8 Å². The van der Waals surface area contributed by atoms with Crippen LogP contribution in [0, 0.1) is 0 Å². The van der Waals surface area contributed by atoms with Gasteiger partial charge in [-0.2, -0.15) is 0 Å². The topological polar surface area (TPSA) is 102 Å². The Labute approximate surface area is 119 Å². The molecule has 2 N–H and O–H groups in total. The Morgan fingerprint density at radius 3 is 2.95 bits per heavy atom. The van der Waals surface area contributed by atoms with Gasteiger partial charge < -0.3 is 20.0 Å². The summed E-state index contributed by atoms with van der Waals surface area (Å²) < 4.78 is 16.8. The summed E-state index contributed by atoms with van der Waals surface area (Å²) in [7, 11) is -3.12. The van der Waals surface area contributed by atoms with Crippen molar-refractivity contribution in [3.05, 3.63) is 0 Å². The highest BCUT2D eigenvalue weighted by Crippen LogP contribution is 2.77. The number of amides is 2. The van der Waals surface area contributed by atoms with Crippen LogP contribution in [0.25, 0.3) is 0 Å². The number of carbonyl (C=O) groups excluding carboxylic acids is 3. The summed E-state index contributed by atoms with van der Waals surface area (Å²) in [5.74, 6) is 0.0964. The van der Waals surface area contributed by atoms with Crippen LogP contribution in [-0.2, 0) is 18.7 Å². The fourth-order valence-electron chi connectivity index (χ4n) is 3.56. The molecule has 0 aromatic heterocycles. The van der Waals surface area contributed by atoms with Crippen molar-refractivity contribution in [3.63, 3.8) is 0 Å². The summed E-state index contributed by atoms with van der Waals surface area (Å²) in [6.07, 6.45) is 1.65. The predicted molar refractivity (Wildman–Crippen MR) is 71.0 cm³/mol. The van der Waals surface area contributed by atoms with Crippen molar-refractivity contribution in [1.82, 2.24) is 10.6 Å². The molecule has 7 nitrogen and oxygen atoms in total. The molecule has 4 heterocycles. The molecule has 1 spiro atoms. The average Bonchev–Trinajstić information content (AvgIpc) is 2.67. The van der Waals surface area contributed by atoms with Crippen molar-refractivity contribution >= 4 is 37.4 Å². The molecular weight excluding hydrogens is 303 g/mol. The number of fused-ring (bicyclic) bond motifs is 3. The van der Waals surface area contributed by atoms with Gasteiger partial charge in [0.15, 0.2) is 0 Å². The zero-order chi connectivity index (χ0) is 14.1. The molecule has 4 saturated heterocycles. The minimum atomic E-state index is -3.12. The average molecular weight is 316 g/mol. The minimum Gasteiger partial charge on any atom is -0.410 e. The first kappa shape index (κ1) is 12.7. The summed E-state index contributed by atoms with van der Waals surface area (Å²) in [4.78, 5) is 34.8. The summed E-state index contributed by atoms with van der Waals surface area (Å²) >= 11 is 1.45. The van der Waals surface area contributed by atoms with Gasteiger partial charge in [0.1, 0.15) is 16.7 Å². The largest absolute Gasteiger partial charge is 0.410 e. The van der Waals surface area contributed by atoms with Crippen LogP contribution >= 0.6 is 19.1 Å². The number of nitrogens with one attached hydrogen (secondary N) is 2. The van der Waals surface area contributed by atoms with E-state index < -0.39 is 23.7 Å². The van der Waals surface area contributed by atoms with Crippen molar-refractivity contribution in [3.8, 4) is 0 Å². The van der Waals surface area contributed by atoms with E-state index in [9.17, 15) is 18.9 Å². The molecule has 0 saturated carbocycles. The first-order valence-electron chi connectivity index (χ1n) is 6.51. The maximum Gasteiger partial charge on any atom is 0.329 e. The molecule has 3 unspecified atom stereocenters. The van der Waals surface area contributed by atoms with E-state index >= 15 is 0 Å². The van der Waals surface area contributed by atoms with Crippen molar-refractivity contribution < 1.29 is 23.5 Å². The maximum absolute atomic E-state index is 12.5. The molecule has 0 aliphatic carbocycles. The van der Waals surface area contributed by atoms with Gasteiger partial charge in [-0.15, -0.1) is 11.8 Å². The minimum absolute atomic E-state index is 0.0997. The third kappa shape index (κ3) is 1.39. The van der Waals surface area contributed by atoms with Crippen LogP contribution in [0.15, 0.2) is 0 Å². The van der Waals surface area contributed by atoms with E-state index in [-0.39, 0.29) is 23.8 Å². The Morgan fingerprint density at radius 2 is 2.20 bits per heavy atom. The number of urea groups is 1. The number of hydrogen-bond acceptors (Lipinski definition) is 6. The Kier molecular flexibility index (Phi) is 2.41. The van der Waals surface area contributed by atoms with Crippen LogP contribution in [0.4, 0.5) is 4.79 Å². The molecular formula is C11H13N2O5PS. The molecule has 108 valence electrons. The first-order valence-corrected chi connectivity index (χ1v) is 9.26. The zero-order valence-electron chi connectivity index (χ0n) is 10.4. The molecule has 4 rings (SSSR count). The second-order valence-electron chi connectivity index (χ2n) is 5.66. The Balaban J connectivity index is 1.65. The fraction of sp³-hybridized carbons (Fsp3) is 0.727. The molecule has 9 heteroatoms. The third-order valence-electron chi connectivity index (χ3n) is 4.73. The lowest BCUT2D eigenvalue weighted by Crippen LogP contribution is -2.52. The molecule has 4 fully saturated rings. The smallest absolute Gasteiger partial charge is 0.329 e. The molecule has 4 aliphatic heterocycles. The highest BCUT2D eigenvalue weighted by molar-refractivity contribution is 8.01. The zero-order valence-corrected chi connectivity index (χ0v) is 12.1. The van der Waals surface area contributed by atoms with Crippen LogP contribution < -0.4 is 10.6 Å². The normalized spacial score (nSPS) is 52.4. The summed E-state index contributed by atoms with van der Waals surface area (Å²) in [5.41, 5.74) is -0.921. The first-order chi connectivity index (χ1) is 9.51. The van der Waals surface area contributed by atoms with Gasteiger partial charge in [0.2, 0.25) is 0 Å². The quantitative estimate of drug-likeness (QED) is 0.404. The summed E-state index contributed by atoms with van der Waals surface area (Å²) in [5, 5.41) is 5.55. The van der Waals surface area contributed by atoms with Gasteiger partial charge in [0.05, 0.1) is 17.7 Å². The SMILES string of the molecule is O=CC1C2CC[C@@]3(SC[C@@H]4NC(=O)N[C@@H]43)C(=O)OP12=O. The van der Waals surface area contributed by atoms with E-state index in [0.29, 0.717) is 24.9 Å². The van der Waals surface area contributed by atoms with Gasteiger partial charge in [0.25, 0.3) is 7.37 Å². The van der Waals surface area contributed by atoms with Crippen LogP contribution in [0.2, 0.25) is 0 Å². The van der Waals surface area contributed by atoms with Crippen molar-refractivity contribution in [2.75, 3.05) is 5.75 Å². The number of thioether (sulfide) groups is 1. The van der Waals surface area contributed by atoms with Crippen molar-refractivity contribution in [2.45, 2.75) is 41.0 Å². The number of carbonyl (C=O) groups is 3. The monoisotopic (exact) mass is 316 g/mol. The van der Waals surface area contributed by atoms with Gasteiger partial charge in [0, 0.05) is 5.75 Å². The summed E-state index contributed by atoms with van der Waals surface area (Å²) in [6, 6.07) is -0.705. The third-order valence-corrected chi connectivity index (χ3v) is 9.32. The maximum atomic E-state index is 12.5. The van der Waals surface area contributed by atoms with Gasteiger partial charge in [-0.05, 0) is 12.8 Å². The van der Waals surface area contributed by atoms with Gasteiger partial charge in [-0.3, -0.25) is 9.36 Å². The standard InChI is InChI=1S/C11H13N2O5PS/c14-3-7-6-1-2-11(9(15)18-19(6,7)17)8-5(4-20-11)12-10(16)13-8/h3,5-8H,1-2,4H2,(H2,12,13,16)/t5-,6?,7?,8-,11-,19?/m0/s1. The Morgan fingerprint density at radius 1 is 1.40 bits per heavy atom. The van der Waals surface area contributed by atoms with Crippen molar-refractivity contribution in [2.24, 2.45) is 0 Å². The highest BCUT2D eigenvalue weighted by atomic mass is 32.2. The molecule has 2 amide bonds. The lowest BCUT2D eigenvalue weighted by Gasteiger charge is -2.29. The fourth-order valence-corrected chi connectivity index (χ4v) is 7.85. The highest BCUT2D eigenvalue weighted by Gasteiger charge is 2.71. The van der Waals surface area contributed by atoms with Gasteiger partial charge in [-0.25, -0.2) is 4.79 Å². The second-order valence-corrected chi connectivity index (χ2v) is 9.74. The van der Waals surface area contributed by atoms with Crippen LogP contribution in [0.3, 0.4) is 0 Å². The number of hydrogen-bond donors (Lipinski definition) is 2. The van der Waals surface area contributed by atoms with Crippen LogP contribution in [0.5, 0.6) is 0 Å². The van der Waals surface area contributed by atoms with Crippen molar-refractivity contribution in [1.29, 1.82) is 0 Å². The predicted octanol–water partition coefficient (Wildman–Crippen LogP) is 0.0868. The molecule has 6 atom stereocenters. The number of rotatable bonds is 1. The van der Waals surface area contributed by atoms with Gasteiger partial charge in [-0.1, -0.05) is 0 Å². The molecule has 0 aromatic rings. The molecule has 0 aromatic carbocycles. The number of aldehydes is 1. The molecule has 0 bridgehead atoms. The van der Waals surface area contributed by atoms with E-state index in [2.05, 4.69) is 10.6 Å². The van der Waals surface area contributed by atoms with Gasteiger partial charge >= 0.3 is 12.0 Å². The Bertz CT molecular complexity index is 583. The summed E-state index contributed by atoms with van der Waals surface area (Å²) in [6.45, 7) is 0. The lowest BCUT2D eigenvalue weighted by atomic mass is 9.89. The van der Waals surface area contributed by atoms with E-state index in [1.807, 2.05) is 0 Å². The second kappa shape index (κ2) is 3.80. The Hall–Kier alpha value is -1.01. The molecule has 0 radical (unpaired) electrons. The van der Waals surface area contributed by atoms with E-state index in [0.717, 1.165) is 0 Å². The van der Waals surface area contributed by atoms with E-state index in [1.54, 1.807) is 0 Å².